The summed E-state index contributed by atoms with van der Waals surface area (Å²) < 4.78 is 37.6. The number of aryl methyl sites for hydroxylation is 1. The molecule has 0 aliphatic rings. The summed E-state index contributed by atoms with van der Waals surface area (Å²) in [5.74, 6) is 0.729. The molecule has 2 aromatic rings. The minimum Gasteiger partial charge on any atom is -0.491 e. The molecule has 0 aliphatic carbocycles. The monoisotopic (exact) mass is 335 g/mol. The van der Waals surface area contributed by atoms with Crippen LogP contribution < -0.4 is 9.46 Å². The molecular weight excluding hydrogens is 314 g/mol. The molecule has 0 atom stereocenters. The summed E-state index contributed by atoms with van der Waals surface area (Å²) >= 11 is 0. The second-order valence-corrected chi connectivity index (χ2v) is 6.81. The SMILES string of the molecule is COCCOc1ccc(CNS(=O)(=O)c2ccccc2C)cc1. The van der Waals surface area contributed by atoms with Crippen molar-refractivity contribution >= 4 is 10.0 Å². The fourth-order valence-corrected chi connectivity index (χ4v) is 3.32. The van der Waals surface area contributed by atoms with Gasteiger partial charge in [-0.3, -0.25) is 0 Å². The van der Waals surface area contributed by atoms with Gasteiger partial charge in [-0.05, 0) is 36.2 Å². The van der Waals surface area contributed by atoms with Crippen molar-refractivity contribution in [3.05, 3.63) is 59.7 Å². The number of sulfonamides is 1. The molecule has 23 heavy (non-hydrogen) atoms. The molecule has 6 heteroatoms. The van der Waals surface area contributed by atoms with Crippen molar-refractivity contribution in [2.75, 3.05) is 20.3 Å². The van der Waals surface area contributed by atoms with Gasteiger partial charge in [-0.1, -0.05) is 30.3 Å². The smallest absolute Gasteiger partial charge is 0.241 e. The number of methoxy groups -OCH3 is 1. The first-order valence-corrected chi connectivity index (χ1v) is 8.77. The predicted molar refractivity (Wildman–Crippen MR) is 89.0 cm³/mol. The van der Waals surface area contributed by atoms with E-state index in [1.165, 1.54) is 0 Å². The van der Waals surface area contributed by atoms with Crippen molar-refractivity contribution in [2.45, 2.75) is 18.4 Å². The Labute approximate surface area is 137 Å². The van der Waals surface area contributed by atoms with E-state index in [0.717, 1.165) is 16.9 Å². The van der Waals surface area contributed by atoms with Crippen molar-refractivity contribution in [2.24, 2.45) is 0 Å². The van der Waals surface area contributed by atoms with E-state index in [0.29, 0.717) is 18.1 Å². The lowest BCUT2D eigenvalue weighted by Crippen LogP contribution is -2.23. The van der Waals surface area contributed by atoms with E-state index >= 15 is 0 Å². The van der Waals surface area contributed by atoms with Crippen LogP contribution in [0.3, 0.4) is 0 Å². The maximum absolute atomic E-state index is 12.3. The Kier molecular flexibility index (Phi) is 6.15. The van der Waals surface area contributed by atoms with E-state index in [2.05, 4.69) is 4.72 Å². The molecule has 0 unspecified atom stereocenters. The zero-order valence-corrected chi connectivity index (χ0v) is 14.1. The van der Waals surface area contributed by atoms with Crippen LogP contribution in [-0.2, 0) is 21.3 Å². The van der Waals surface area contributed by atoms with Crippen molar-refractivity contribution < 1.29 is 17.9 Å². The first kappa shape index (κ1) is 17.5. The van der Waals surface area contributed by atoms with Gasteiger partial charge in [-0.2, -0.15) is 0 Å². The van der Waals surface area contributed by atoms with Crippen molar-refractivity contribution in [3.8, 4) is 5.75 Å². The second-order valence-electron chi connectivity index (χ2n) is 5.08. The highest BCUT2D eigenvalue weighted by Crippen LogP contribution is 2.16. The summed E-state index contributed by atoms with van der Waals surface area (Å²) in [6.07, 6.45) is 0. The Morgan fingerprint density at radius 3 is 2.35 bits per heavy atom. The lowest BCUT2D eigenvalue weighted by Gasteiger charge is -2.10. The van der Waals surface area contributed by atoms with E-state index in [1.54, 1.807) is 32.2 Å². The van der Waals surface area contributed by atoms with E-state index in [1.807, 2.05) is 30.3 Å². The van der Waals surface area contributed by atoms with Crippen molar-refractivity contribution in [1.29, 1.82) is 0 Å². The number of ether oxygens (including phenoxy) is 2. The minimum absolute atomic E-state index is 0.231. The normalized spacial score (nSPS) is 11.4. The van der Waals surface area contributed by atoms with Crippen molar-refractivity contribution in [3.63, 3.8) is 0 Å². The Hall–Kier alpha value is -1.89. The molecule has 0 aromatic heterocycles. The summed E-state index contributed by atoms with van der Waals surface area (Å²) in [5.41, 5.74) is 1.59. The number of hydrogen-bond donors (Lipinski definition) is 1. The summed E-state index contributed by atoms with van der Waals surface area (Å²) in [4.78, 5) is 0.305. The molecule has 2 rings (SSSR count). The molecule has 0 amide bonds. The van der Waals surface area contributed by atoms with E-state index in [-0.39, 0.29) is 6.54 Å². The fourth-order valence-electron chi connectivity index (χ4n) is 2.06. The Balaban J connectivity index is 1.96. The number of benzene rings is 2. The topological polar surface area (TPSA) is 64.6 Å². The average molecular weight is 335 g/mol. The minimum atomic E-state index is -3.51. The van der Waals surface area contributed by atoms with Gasteiger partial charge in [0.15, 0.2) is 0 Å². The van der Waals surface area contributed by atoms with Crippen LogP contribution in [0.25, 0.3) is 0 Å². The van der Waals surface area contributed by atoms with Gasteiger partial charge in [0, 0.05) is 13.7 Å². The molecular formula is C17H21NO4S. The van der Waals surface area contributed by atoms with Gasteiger partial charge in [0.25, 0.3) is 0 Å². The number of hydrogen-bond acceptors (Lipinski definition) is 4. The second kappa shape index (κ2) is 8.10. The standard InChI is InChI=1S/C17H21NO4S/c1-14-5-3-4-6-17(14)23(19,20)18-13-15-7-9-16(10-8-15)22-12-11-21-2/h3-10,18H,11-13H2,1-2H3. The molecule has 0 fully saturated rings. The summed E-state index contributed by atoms with van der Waals surface area (Å²) in [6, 6.07) is 14.2. The summed E-state index contributed by atoms with van der Waals surface area (Å²) in [6.45, 7) is 3.02. The fraction of sp³-hybridized carbons (Fsp3) is 0.294. The van der Waals surface area contributed by atoms with Crippen LogP contribution in [0.15, 0.2) is 53.4 Å². The third kappa shape index (κ3) is 5.06. The third-order valence-corrected chi connectivity index (χ3v) is 4.89. The molecule has 2 aromatic carbocycles. The molecule has 124 valence electrons. The zero-order valence-electron chi connectivity index (χ0n) is 13.3. The first-order valence-electron chi connectivity index (χ1n) is 7.29. The predicted octanol–water partition coefficient (Wildman–Crippen LogP) is 2.50. The Morgan fingerprint density at radius 1 is 1.00 bits per heavy atom. The largest absolute Gasteiger partial charge is 0.491 e. The zero-order chi connectivity index (χ0) is 16.7. The third-order valence-electron chi connectivity index (χ3n) is 3.33. The number of nitrogens with one attached hydrogen (secondary N) is 1. The van der Waals surface area contributed by atoms with Crippen LogP contribution in [-0.4, -0.2) is 28.7 Å². The summed E-state index contributed by atoms with van der Waals surface area (Å²) in [7, 11) is -1.90. The molecule has 0 heterocycles. The van der Waals surface area contributed by atoms with Gasteiger partial charge in [0.2, 0.25) is 10.0 Å². The molecule has 5 nitrogen and oxygen atoms in total. The van der Waals surface area contributed by atoms with Crippen LogP contribution in [0, 0.1) is 6.92 Å². The molecule has 0 saturated carbocycles. The van der Waals surface area contributed by atoms with Crippen LogP contribution in [0.5, 0.6) is 5.75 Å². The maximum atomic E-state index is 12.3. The van der Waals surface area contributed by atoms with Gasteiger partial charge in [0.1, 0.15) is 12.4 Å². The van der Waals surface area contributed by atoms with Crippen LogP contribution in [0.1, 0.15) is 11.1 Å². The maximum Gasteiger partial charge on any atom is 0.241 e. The van der Waals surface area contributed by atoms with Crippen LogP contribution in [0.2, 0.25) is 0 Å². The molecule has 1 N–H and O–H groups in total. The van der Waals surface area contributed by atoms with Gasteiger partial charge >= 0.3 is 0 Å². The van der Waals surface area contributed by atoms with Gasteiger partial charge < -0.3 is 9.47 Å². The highest BCUT2D eigenvalue weighted by Gasteiger charge is 2.15. The lowest BCUT2D eigenvalue weighted by atomic mass is 10.2. The summed E-state index contributed by atoms with van der Waals surface area (Å²) in [5, 5.41) is 0. The van der Waals surface area contributed by atoms with Gasteiger partial charge in [0.05, 0.1) is 11.5 Å². The lowest BCUT2D eigenvalue weighted by molar-refractivity contribution is 0.146. The average Bonchev–Trinajstić information content (AvgIpc) is 2.55. The first-order chi connectivity index (χ1) is 11.0. The Bertz CT molecular complexity index is 727. The molecule has 0 radical (unpaired) electrons. The van der Waals surface area contributed by atoms with Crippen molar-refractivity contribution in [1.82, 2.24) is 4.72 Å². The Morgan fingerprint density at radius 2 is 1.70 bits per heavy atom. The quantitative estimate of drug-likeness (QED) is 0.753. The van der Waals surface area contributed by atoms with E-state index in [9.17, 15) is 8.42 Å². The number of rotatable bonds is 8. The molecule has 0 spiro atoms. The van der Waals surface area contributed by atoms with E-state index in [4.69, 9.17) is 9.47 Å². The molecule has 0 aliphatic heterocycles. The van der Waals surface area contributed by atoms with E-state index < -0.39 is 10.0 Å². The van der Waals surface area contributed by atoms with Crippen LogP contribution >= 0.6 is 0 Å². The van der Waals surface area contributed by atoms with Gasteiger partial charge in [-0.15, -0.1) is 0 Å². The molecule has 0 bridgehead atoms. The molecule has 0 saturated heterocycles. The van der Waals surface area contributed by atoms with Gasteiger partial charge in [-0.25, -0.2) is 13.1 Å². The highest BCUT2D eigenvalue weighted by molar-refractivity contribution is 7.89. The highest BCUT2D eigenvalue weighted by atomic mass is 32.2. The van der Waals surface area contributed by atoms with Crippen LogP contribution in [0.4, 0.5) is 0 Å².